The molecule has 0 saturated heterocycles. The van der Waals surface area contributed by atoms with E-state index in [1.165, 1.54) is 21.9 Å². The van der Waals surface area contributed by atoms with Gasteiger partial charge in [-0.1, -0.05) is 66.7 Å². The van der Waals surface area contributed by atoms with Gasteiger partial charge in [-0.25, -0.2) is 0 Å². The number of hydrogen-bond acceptors (Lipinski definition) is 5. The molecule has 4 aromatic rings. The van der Waals surface area contributed by atoms with Crippen molar-refractivity contribution in [3.8, 4) is 11.5 Å². The molecule has 39 heavy (non-hydrogen) atoms. The average molecular weight is 523 g/mol. The molecule has 6 heteroatoms. The van der Waals surface area contributed by atoms with E-state index in [1.807, 2.05) is 24.3 Å². The monoisotopic (exact) mass is 522 g/mol. The molecule has 4 aromatic carbocycles. The summed E-state index contributed by atoms with van der Waals surface area (Å²) in [5.74, 6) is 1.33. The Balaban J connectivity index is 1.29. The minimum atomic E-state index is -0.612. The van der Waals surface area contributed by atoms with Crippen molar-refractivity contribution in [1.82, 2.24) is 10.2 Å². The summed E-state index contributed by atoms with van der Waals surface area (Å²) in [4.78, 5) is 15.7. The topological polar surface area (TPSA) is 71.0 Å². The summed E-state index contributed by atoms with van der Waals surface area (Å²) in [6.45, 7) is 0.995. The molecule has 1 aliphatic heterocycles. The highest BCUT2D eigenvalue weighted by molar-refractivity contribution is 5.83. The van der Waals surface area contributed by atoms with Crippen LogP contribution in [0.1, 0.15) is 39.9 Å². The lowest BCUT2D eigenvalue weighted by atomic mass is 9.87. The summed E-state index contributed by atoms with van der Waals surface area (Å²) >= 11 is 0. The molecule has 0 spiro atoms. The molecule has 200 valence electrons. The van der Waals surface area contributed by atoms with Gasteiger partial charge in [0.25, 0.3) is 0 Å². The van der Waals surface area contributed by atoms with Crippen molar-refractivity contribution in [3.05, 3.63) is 107 Å². The van der Waals surface area contributed by atoms with Gasteiger partial charge in [0.1, 0.15) is 0 Å². The normalized spacial score (nSPS) is 20.3. The molecule has 1 unspecified atom stereocenters. The second-order valence-electron chi connectivity index (χ2n) is 10.5. The van der Waals surface area contributed by atoms with Crippen molar-refractivity contribution in [2.45, 2.75) is 37.5 Å². The number of amides is 1. The van der Waals surface area contributed by atoms with E-state index in [-0.39, 0.29) is 24.5 Å². The third-order valence-electron chi connectivity index (χ3n) is 8.22. The number of methoxy groups -OCH3 is 2. The Bertz CT molecular complexity index is 1520. The first-order valence-electron chi connectivity index (χ1n) is 13.6. The fraction of sp³-hybridized carbons (Fsp3) is 0.303. The highest BCUT2D eigenvalue weighted by atomic mass is 16.5. The van der Waals surface area contributed by atoms with Crippen molar-refractivity contribution in [3.63, 3.8) is 0 Å². The molecule has 0 radical (unpaired) electrons. The lowest BCUT2D eigenvalue weighted by molar-refractivity contribution is -0.124. The van der Waals surface area contributed by atoms with Crippen LogP contribution in [0.25, 0.3) is 10.8 Å². The Hall–Kier alpha value is -3.87. The van der Waals surface area contributed by atoms with Gasteiger partial charge in [0, 0.05) is 19.0 Å². The van der Waals surface area contributed by atoms with Crippen molar-refractivity contribution in [2.24, 2.45) is 0 Å². The molecular formula is C33H34N2O4. The molecular weight excluding hydrogens is 488 g/mol. The second kappa shape index (κ2) is 10.7. The fourth-order valence-corrected chi connectivity index (χ4v) is 6.25. The van der Waals surface area contributed by atoms with E-state index in [9.17, 15) is 9.90 Å². The maximum Gasteiger partial charge on any atom is 0.234 e. The molecule has 1 amide bonds. The van der Waals surface area contributed by atoms with Gasteiger partial charge in [-0.05, 0) is 63.6 Å². The molecule has 0 bridgehead atoms. The Morgan fingerprint density at radius 3 is 2.46 bits per heavy atom. The fourth-order valence-electron chi connectivity index (χ4n) is 6.25. The molecule has 2 N–H and O–H groups in total. The zero-order chi connectivity index (χ0) is 26.9. The number of ether oxygens (including phenoxy) is 2. The van der Waals surface area contributed by atoms with E-state index in [1.54, 1.807) is 14.2 Å². The van der Waals surface area contributed by atoms with Gasteiger partial charge in [0.2, 0.25) is 5.91 Å². The largest absolute Gasteiger partial charge is 0.493 e. The number of nitrogens with zero attached hydrogens (tertiary/aromatic N) is 1. The summed E-state index contributed by atoms with van der Waals surface area (Å²) < 4.78 is 11.2. The minimum Gasteiger partial charge on any atom is -0.493 e. The predicted molar refractivity (Wildman–Crippen MR) is 152 cm³/mol. The maximum atomic E-state index is 13.4. The highest BCUT2D eigenvalue weighted by Crippen LogP contribution is 2.40. The van der Waals surface area contributed by atoms with Crippen LogP contribution in [-0.4, -0.2) is 49.3 Å². The van der Waals surface area contributed by atoms with Crippen LogP contribution in [0.2, 0.25) is 0 Å². The van der Waals surface area contributed by atoms with Crippen LogP contribution in [0.3, 0.4) is 0 Å². The van der Waals surface area contributed by atoms with Crippen LogP contribution in [0.5, 0.6) is 11.5 Å². The van der Waals surface area contributed by atoms with Gasteiger partial charge >= 0.3 is 0 Å². The average Bonchev–Trinajstić information content (AvgIpc) is 3.27. The summed E-state index contributed by atoms with van der Waals surface area (Å²) in [5.41, 5.74) is 5.69. The molecule has 0 fully saturated rings. The van der Waals surface area contributed by atoms with Gasteiger partial charge in [0.05, 0.1) is 32.9 Å². The summed E-state index contributed by atoms with van der Waals surface area (Å²) in [6.07, 6.45) is 1.52. The molecule has 6 rings (SSSR count). The first-order valence-corrected chi connectivity index (χ1v) is 13.6. The number of fused-ring (bicyclic) bond motifs is 3. The molecule has 2 aliphatic rings. The minimum absolute atomic E-state index is 0.0127. The Morgan fingerprint density at radius 2 is 1.64 bits per heavy atom. The zero-order valence-electron chi connectivity index (χ0n) is 22.4. The van der Waals surface area contributed by atoms with Crippen LogP contribution in [0.4, 0.5) is 0 Å². The Labute approximate surface area is 229 Å². The molecule has 6 nitrogen and oxygen atoms in total. The first-order chi connectivity index (χ1) is 19.0. The second-order valence-corrected chi connectivity index (χ2v) is 10.5. The van der Waals surface area contributed by atoms with Gasteiger partial charge < -0.3 is 19.9 Å². The van der Waals surface area contributed by atoms with E-state index in [0.717, 1.165) is 41.8 Å². The standard InChI is InChI=1S/C33H34N2O4/c1-38-30-18-25-13-14-35(20-32(37)34-33-26-10-6-5-9-24(26)17-29(33)36)28(27(25)19-31(30)39-2)16-21-11-12-22-7-3-4-8-23(22)15-21/h3-12,15,18-19,28-29,33,36H,13-14,16-17,20H2,1-2H3,(H,34,37)/t28?,29-,33+/m0/s1. The third-order valence-corrected chi connectivity index (χ3v) is 8.22. The Morgan fingerprint density at radius 1 is 0.897 bits per heavy atom. The molecule has 1 heterocycles. The summed E-state index contributed by atoms with van der Waals surface area (Å²) in [5, 5.41) is 16.2. The van der Waals surface area contributed by atoms with Crippen molar-refractivity contribution < 1.29 is 19.4 Å². The smallest absolute Gasteiger partial charge is 0.234 e. The number of carbonyl (C=O) groups excluding carboxylic acids is 1. The van der Waals surface area contributed by atoms with Gasteiger partial charge in [0.15, 0.2) is 11.5 Å². The third kappa shape index (κ3) is 4.98. The lowest BCUT2D eigenvalue weighted by Gasteiger charge is -2.38. The summed E-state index contributed by atoms with van der Waals surface area (Å²) in [7, 11) is 3.31. The van der Waals surface area contributed by atoms with Crippen molar-refractivity contribution >= 4 is 16.7 Å². The molecule has 0 saturated carbocycles. The van der Waals surface area contributed by atoms with E-state index < -0.39 is 6.10 Å². The van der Waals surface area contributed by atoms with Crippen LogP contribution in [0.15, 0.2) is 78.9 Å². The highest BCUT2D eigenvalue weighted by Gasteiger charge is 2.34. The number of hydrogen-bond donors (Lipinski definition) is 2. The van der Waals surface area contributed by atoms with E-state index in [2.05, 4.69) is 64.8 Å². The zero-order valence-corrected chi connectivity index (χ0v) is 22.4. The number of aliphatic hydroxyl groups excluding tert-OH is 1. The number of nitrogens with one attached hydrogen (secondary N) is 1. The van der Waals surface area contributed by atoms with Crippen molar-refractivity contribution in [1.29, 1.82) is 0 Å². The quantitative estimate of drug-likeness (QED) is 0.366. The number of carbonyl (C=O) groups is 1. The van der Waals surface area contributed by atoms with Crippen LogP contribution < -0.4 is 14.8 Å². The van der Waals surface area contributed by atoms with Crippen molar-refractivity contribution in [2.75, 3.05) is 27.3 Å². The van der Waals surface area contributed by atoms with Crippen LogP contribution in [-0.2, 0) is 24.1 Å². The van der Waals surface area contributed by atoms with E-state index >= 15 is 0 Å². The predicted octanol–water partition coefficient (Wildman–Crippen LogP) is 4.77. The number of rotatable bonds is 7. The van der Waals surface area contributed by atoms with Crippen LogP contribution in [0, 0.1) is 0 Å². The first kappa shape index (κ1) is 25.4. The van der Waals surface area contributed by atoms with Gasteiger partial charge in [-0.15, -0.1) is 0 Å². The molecule has 1 aliphatic carbocycles. The molecule has 0 aromatic heterocycles. The van der Waals surface area contributed by atoms with E-state index in [0.29, 0.717) is 12.2 Å². The SMILES string of the molecule is COc1cc2c(cc1OC)C(Cc1ccc3ccccc3c1)N(CC(=O)N[C@@H]1c3ccccc3C[C@@H]1O)CC2. The van der Waals surface area contributed by atoms with E-state index in [4.69, 9.17) is 9.47 Å². The van der Waals surface area contributed by atoms with Gasteiger partial charge in [-0.3, -0.25) is 9.69 Å². The number of aliphatic hydroxyl groups is 1. The number of benzene rings is 4. The molecule has 3 atom stereocenters. The Kier molecular flexibility index (Phi) is 6.98. The summed E-state index contributed by atoms with van der Waals surface area (Å²) in [6, 6.07) is 26.7. The maximum absolute atomic E-state index is 13.4. The van der Waals surface area contributed by atoms with Crippen LogP contribution >= 0.6 is 0 Å². The van der Waals surface area contributed by atoms with Gasteiger partial charge in [-0.2, -0.15) is 0 Å². The lowest BCUT2D eigenvalue weighted by Crippen LogP contribution is -2.45.